The van der Waals surface area contributed by atoms with Gasteiger partial charge in [-0.2, -0.15) is 0 Å². The van der Waals surface area contributed by atoms with Crippen molar-refractivity contribution >= 4 is 37.4 Å². The number of benzene rings is 2. The van der Waals surface area contributed by atoms with Crippen LogP contribution in [-0.2, 0) is 6.54 Å². The number of alkyl halides is 2. The molecule has 2 saturated heterocycles. The van der Waals surface area contributed by atoms with Crippen molar-refractivity contribution in [2.45, 2.75) is 45.7 Å². The first kappa shape index (κ1) is 25.6. The van der Waals surface area contributed by atoms with Gasteiger partial charge in [-0.15, -0.1) is 0 Å². The van der Waals surface area contributed by atoms with Crippen LogP contribution in [0.15, 0.2) is 43.0 Å². The minimum atomic E-state index is -1.29. The summed E-state index contributed by atoms with van der Waals surface area (Å²) in [5.41, 5.74) is 5.38. The minimum absolute atomic E-state index is 0.533. The summed E-state index contributed by atoms with van der Waals surface area (Å²) in [5.74, 6) is 1.76. The fourth-order valence-electron chi connectivity index (χ4n) is 5.13. The van der Waals surface area contributed by atoms with E-state index in [-0.39, 0.29) is 0 Å². The Kier molecular flexibility index (Phi) is 8.22. The van der Waals surface area contributed by atoms with E-state index in [2.05, 4.69) is 56.2 Å². The molecule has 1 atom stereocenters. The van der Waals surface area contributed by atoms with E-state index in [4.69, 9.17) is 21.1 Å². The zero-order valence-electron chi connectivity index (χ0n) is 21.3. The molecule has 5 rings (SSSR count). The van der Waals surface area contributed by atoms with Crippen LogP contribution in [0.3, 0.4) is 0 Å². The molecule has 0 spiro atoms. The van der Waals surface area contributed by atoms with Gasteiger partial charge in [0.25, 0.3) is 0 Å². The fourth-order valence-corrected chi connectivity index (χ4v) is 12.1. The molecule has 0 N–H and O–H groups in total. The first-order chi connectivity index (χ1) is 17.5. The third kappa shape index (κ3) is 5.45. The molecule has 0 aliphatic carbocycles. The molecule has 0 radical (unpaired) electrons. The third-order valence-electron chi connectivity index (χ3n) is 7.23. The van der Waals surface area contributed by atoms with E-state index in [9.17, 15) is 0 Å². The molecule has 194 valence electrons. The second-order valence-corrected chi connectivity index (χ2v) is 15.2. The van der Waals surface area contributed by atoms with Crippen LogP contribution in [0.1, 0.15) is 42.0 Å². The van der Waals surface area contributed by atoms with Gasteiger partial charge in [0.05, 0.1) is 0 Å². The van der Waals surface area contributed by atoms with Crippen LogP contribution < -0.4 is 14.4 Å². The first-order valence-electron chi connectivity index (χ1n) is 12.6. The molecular formula is C27H35ClIN5O2. The van der Waals surface area contributed by atoms with Crippen LogP contribution in [0, 0.1) is 13.8 Å². The Morgan fingerprint density at radius 3 is 2.81 bits per heavy atom. The van der Waals surface area contributed by atoms with Crippen LogP contribution in [-0.4, -0.2) is 53.7 Å². The summed E-state index contributed by atoms with van der Waals surface area (Å²) in [6.45, 7) is 8.14. The van der Waals surface area contributed by atoms with Gasteiger partial charge in [0.2, 0.25) is 0 Å². The topological polar surface area (TPSA) is 55.7 Å². The molecule has 36 heavy (non-hydrogen) atoms. The fraction of sp³-hybridized carbons (Fsp3) is 0.481. The van der Waals surface area contributed by atoms with Gasteiger partial charge in [-0.1, -0.05) is 0 Å². The molecule has 0 amide bonds. The van der Waals surface area contributed by atoms with Crippen LogP contribution in [0.4, 0.5) is 5.69 Å². The van der Waals surface area contributed by atoms with Gasteiger partial charge in [-0.05, 0) is 0 Å². The molecule has 1 aromatic heterocycles. The number of hydrogen-bond acceptors (Lipinski definition) is 6. The molecular weight excluding hydrogens is 589 g/mol. The zero-order valence-corrected chi connectivity index (χ0v) is 24.2. The quantitative estimate of drug-likeness (QED) is 0.1000. The van der Waals surface area contributed by atoms with E-state index < -0.39 is 20.1 Å². The Morgan fingerprint density at radius 2 is 2.00 bits per heavy atom. The molecule has 0 saturated carbocycles. The summed E-state index contributed by atoms with van der Waals surface area (Å²) in [6.07, 6.45) is 6.80. The van der Waals surface area contributed by atoms with Crippen molar-refractivity contribution in [3.8, 4) is 11.5 Å². The Morgan fingerprint density at radius 1 is 1.11 bits per heavy atom. The van der Waals surface area contributed by atoms with Crippen molar-refractivity contribution in [1.82, 2.24) is 17.9 Å². The standard InChI is InChI=1S/C27H35ClIN5O2/c1-20-21(2)26(36-15-5-12-33-19-30-18-31-33)10-8-23(20)25-6-4-11-29-17-32(13-14-34(25)29)22-7-9-24(28)27(16-22)35-3/h7-10,16,18-19,25H,4-6,11-15,17H2,1-3H3/t25-/m1/s1. The number of nitrogens with zero attached hydrogens (tertiary/aromatic N) is 5. The predicted molar refractivity (Wildman–Crippen MR) is 154 cm³/mol. The summed E-state index contributed by atoms with van der Waals surface area (Å²) in [7, 11) is 1.68. The van der Waals surface area contributed by atoms with E-state index >= 15 is 0 Å². The molecule has 9 heteroatoms. The Balaban J connectivity index is 1.25. The Labute approximate surface area is 226 Å². The summed E-state index contributed by atoms with van der Waals surface area (Å²) >= 11 is 4.98. The molecule has 3 aromatic rings. The van der Waals surface area contributed by atoms with Crippen LogP contribution in [0.2, 0.25) is 5.02 Å². The van der Waals surface area contributed by atoms with Crippen molar-refractivity contribution in [2.24, 2.45) is 0 Å². The Bertz CT molecular complexity index is 1180. The van der Waals surface area contributed by atoms with Gasteiger partial charge >= 0.3 is 216 Å². The average Bonchev–Trinajstić information content (AvgIpc) is 3.42. The maximum absolute atomic E-state index is 6.27. The van der Waals surface area contributed by atoms with Crippen molar-refractivity contribution in [3.63, 3.8) is 0 Å². The SMILES string of the molecule is COc1cc(N2CCN3[C@@H](c4ccc(OCCCn5cncn5)c(C)c4C)CCCI3C2)ccc1Cl. The number of aromatic nitrogens is 3. The van der Waals surface area contributed by atoms with Crippen molar-refractivity contribution < 1.29 is 9.47 Å². The molecule has 3 heterocycles. The molecule has 0 unspecified atom stereocenters. The zero-order chi connectivity index (χ0) is 25.1. The maximum atomic E-state index is 6.27. The number of fused-ring (bicyclic) bond motifs is 1. The summed E-state index contributed by atoms with van der Waals surface area (Å²) < 4.78 is 19.0. The van der Waals surface area contributed by atoms with E-state index in [1.807, 2.05) is 10.7 Å². The molecule has 2 aliphatic heterocycles. The van der Waals surface area contributed by atoms with Crippen LogP contribution in [0.25, 0.3) is 0 Å². The Hall–Kier alpha value is -2.04. The van der Waals surface area contributed by atoms with Gasteiger partial charge in [0.1, 0.15) is 6.33 Å². The average molecular weight is 624 g/mol. The van der Waals surface area contributed by atoms with Crippen LogP contribution in [0.5, 0.6) is 11.5 Å². The second kappa shape index (κ2) is 11.6. The molecule has 0 bridgehead atoms. The van der Waals surface area contributed by atoms with Gasteiger partial charge in [-0.3, -0.25) is 0 Å². The number of methoxy groups -OCH3 is 1. The van der Waals surface area contributed by atoms with Gasteiger partial charge < -0.3 is 0 Å². The third-order valence-corrected chi connectivity index (χ3v) is 14.1. The molecule has 2 aliphatic rings. The van der Waals surface area contributed by atoms with E-state index in [0.29, 0.717) is 17.7 Å². The number of hydrogen-bond donors (Lipinski definition) is 0. The number of ether oxygens (including phenoxy) is 2. The van der Waals surface area contributed by atoms with Crippen LogP contribution >= 0.6 is 31.7 Å². The monoisotopic (exact) mass is 623 g/mol. The molecule has 2 fully saturated rings. The van der Waals surface area contributed by atoms with Crippen molar-refractivity contribution in [1.29, 1.82) is 0 Å². The number of rotatable bonds is 8. The van der Waals surface area contributed by atoms with E-state index in [1.54, 1.807) is 19.8 Å². The molecule has 2 aromatic carbocycles. The summed E-state index contributed by atoms with van der Waals surface area (Å²) in [6, 6.07) is 11.2. The summed E-state index contributed by atoms with van der Waals surface area (Å²) in [5, 5.41) is 4.83. The number of aryl methyl sites for hydroxylation is 1. The predicted octanol–water partition coefficient (Wildman–Crippen LogP) is 6.06. The first-order valence-corrected chi connectivity index (χ1v) is 17.0. The second-order valence-electron chi connectivity index (χ2n) is 9.36. The van der Waals surface area contributed by atoms with Gasteiger partial charge in [-0.25, -0.2) is 4.98 Å². The van der Waals surface area contributed by atoms with Crippen molar-refractivity contribution in [3.05, 3.63) is 64.7 Å². The van der Waals surface area contributed by atoms with Gasteiger partial charge in [0, 0.05) is 0 Å². The van der Waals surface area contributed by atoms with E-state index in [1.165, 1.54) is 44.2 Å². The summed E-state index contributed by atoms with van der Waals surface area (Å²) in [4.78, 5) is 6.55. The van der Waals surface area contributed by atoms with Crippen molar-refractivity contribution in [2.75, 3.05) is 40.7 Å². The van der Waals surface area contributed by atoms with Gasteiger partial charge in [0.15, 0.2) is 0 Å². The normalized spacial score (nSPS) is 19.3. The number of halogens is 2. The molecule has 7 nitrogen and oxygen atoms in total. The number of anilines is 1. The van der Waals surface area contributed by atoms with E-state index in [0.717, 1.165) is 37.6 Å².